The minimum absolute atomic E-state index is 0.0312. The number of phosphoric ester groups is 1. The van der Waals surface area contributed by atoms with Gasteiger partial charge in [-0.3, -0.25) is 28.0 Å². The molecule has 0 radical (unpaired) electrons. The molecule has 33 heteroatoms. The molecule has 662 valence electrons. The summed E-state index contributed by atoms with van der Waals surface area (Å²) in [5, 5.41) is 6.04. The van der Waals surface area contributed by atoms with Gasteiger partial charge >= 0.3 is 19.8 Å². The van der Waals surface area contributed by atoms with Crippen molar-refractivity contribution in [2.24, 2.45) is 0 Å². The molecule has 3 aliphatic rings. The molecule has 21 atom stereocenters. The van der Waals surface area contributed by atoms with E-state index in [0.29, 0.717) is 6.42 Å². The highest BCUT2D eigenvalue weighted by Crippen LogP contribution is 2.53. The fourth-order valence-corrected chi connectivity index (χ4v) is 16.7. The van der Waals surface area contributed by atoms with E-state index < -0.39 is 179 Å². The number of phosphoric acid groups is 1. The van der Waals surface area contributed by atoms with E-state index in [4.69, 9.17) is 108 Å². The van der Waals surface area contributed by atoms with E-state index in [1.54, 1.807) is 0 Å². The summed E-state index contributed by atoms with van der Waals surface area (Å²) >= 11 is 0. The summed E-state index contributed by atoms with van der Waals surface area (Å²) in [5.74, 6) is -8.83. The van der Waals surface area contributed by atoms with E-state index >= 15 is 9.36 Å². The number of ether oxygens (including phenoxy) is 20. The molecule has 2 aliphatic heterocycles. The number of nitrogens with one attached hydrogen (secondary N) is 2. The van der Waals surface area contributed by atoms with Gasteiger partial charge in [0.2, 0.25) is 17.7 Å². The van der Waals surface area contributed by atoms with Crippen molar-refractivity contribution >= 4 is 37.5 Å². The molecular weight excluding hydrogens is 1500 g/mol. The number of likely N-dealkylation sites (N-methyl/N-ethyl adjacent to an activating group) is 1. The largest absolute Gasteiger partial charge is 0.475 e. The van der Waals surface area contributed by atoms with Crippen molar-refractivity contribution in [1.29, 1.82) is 0 Å². The Bertz CT molecular complexity index is 2640. The van der Waals surface area contributed by atoms with E-state index in [1.807, 2.05) is 12.2 Å². The average molecular weight is 1650 g/mol. The first-order valence-corrected chi connectivity index (χ1v) is 42.2. The standard InChI is InChI=1S/C80H148N3O29P/c1-21-23-25-27-29-31-33-34-35-36-38-40-42-44-46-48-62(84)81-56(57(93-7)47-45-43-41-39-37-32-30-28-26-24-22-2)51-108-113(89,106-20)112-76-73(102-16)71(100-14)72(101-15)75(74(76)103-17)111-80(78(88)105-19)49-58(94-8)65(69(109-80)67(98-12)60(96-10)52-90-4)82-63(85)54-107-79(77(87)104-18)50-59(95-9)66(83(3)64(86)55-92-6)70(110-79)68(99-13)61(97-11)53-91-5/h45,47,56-61,65-76H,21-44,46,48-55H2,1-20H3,(H,81,84)(H,82,85)/b47-45+/t56-,57+,58-,59-,60+,61+,65+,66+,67+,68+,69+,70+,71-,72-,73+,74+,75+,76-,79+,80-,113?/m0/s1. The van der Waals surface area contributed by atoms with Crippen LogP contribution >= 0.6 is 7.82 Å². The number of rotatable bonds is 65. The van der Waals surface area contributed by atoms with Gasteiger partial charge in [0.15, 0.2) is 0 Å². The first-order valence-electron chi connectivity index (χ1n) is 40.7. The molecule has 0 aromatic heterocycles. The van der Waals surface area contributed by atoms with Crippen molar-refractivity contribution in [3.05, 3.63) is 12.2 Å². The lowest BCUT2D eigenvalue weighted by atomic mass is 9.83. The number of hydrogen-bond acceptors (Lipinski definition) is 29. The molecule has 2 saturated heterocycles. The molecule has 3 fully saturated rings. The summed E-state index contributed by atoms with van der Waals surface area (Å²) in [7, 11) is 19.5. The molecule has 1 unspecified atom stereocenters. The van der Waals surface area contributed by atoms with E-state index in [0.717, 1.165) is 66.3 Å². The van der Waals surface area contributed by atoms with Crippen molar-refractivity contribution in [2.75, 3.05) is 161 Å². The summed E-state index contributed by atoms with van der Waals surface area (Å²) in [6.07, 6.45) is 14.0. The third kappa shape index (κ3) is 32.5. The van der Waals surface area contributed by atoms with Gasteiger partial charge in [-0.2, -0.15) is 0 Å². The maximum atomic E-state index is 15.4. The van der Waals surface area contributed by atoms with E-state index in [2.05, 4.69) is 24.5 Å². The van der Waals surface area contributed by atoms with Crippen LogP contribution in [0.15, 0.2) is 12.2 Å². The van der Waals surface area contributed by atoms with Gasteiger partial charge in [0.05, 0.1) is 70.5 Å². The lowest BCUT2D eigenvalue weighted by Crippen LogP contribution is -2.72. The predicted octanol–water partition coefficient (Wildman–Crippen LogP) is 9.51. The maximum absolute atomic E-state index is 15.4. The monoisotopic (exact) mass is 1650 g/mol. The van der Waals surface area contributed by atoms with Crippen LogP contribution in [0.4, 0.5) is 0 Å². The molecule has 1 saturated carbocycles. The van der Waals surface area contributed by atoms with Crippen molar-refractivity contribution in [2.45, 2.75) is 315 Å². The fourth-order valence-electron chi connectivity index (χ4n) is 15.5. The molecule has 2 N–H and O–H groups in total. The minimum atomic E-state index is -4.80. The van der Waals surface area contributed by atoms with Gasteiger partial charge < -0.3 is 110 Å². The van der Waals surface area contributed by atoms with Gasteiger partial charge in [0.1, 0.15) is 86.5 Å². The Morgan fingerprint density at radius 1 is 0.487 bits per heavy atom. The topological polar surface area (TPSA) is 342 Å². The predicted molar refractivity (Wildman–Crippen MR) is 420 cm³/mol. The van der Waals surface area contributed by atoms with Crippen LogP contribution in [0.1, 0.15) is 194 Å². The Morgan fingerprint density at radius 2 is 0.938 bits per heavy atom. The number of methoxy groups -OCH3 is 16. The molecule has 113 heavy (non-hydrogen) atoms. The van der Waals surface area contributed by atoms with Gasteiger partial charge in [0.25, 0.3) is 11.6 Å². The average Bonchev–Trinajstić information content (AvgIpc) is 0.736. The molecule has 2 heterocycles. The number of esters is 2. The van der Waals surface area contributed by atoms with Crippen molar-refractivity contribution in [3.63, 3.8) is 0 Å². The van der Waals surface area contributed by atoms with E-state index in [9.17, 15) is 19.2 Å². The molecule has 3 amide bonds. The second-order valence-electron chi connectivity index (χ2n) is 29.3. The highest BCUT2D eigenvalue weighted by atomic mass is 31.2. The smallest absolute Gasteiger partial charge is 0.465 e. The molecule has 1 aliphatic carbocycles. The van der Waals surface area contributed by atoms with Gasteiger partial charge in [0, 0.05) is 133 Å². The van der Waals surface area contributed by atoms with Crippen LogP contribution in [-0.4, -0.2) is 317 Å². The highest BCUT2D eigenvalue weighted by molar-refractivity contribution is 7.48. The number of carbonyl (C=O) groups is 5. The first kappa shape index (κ1) is 104. The van der Waals surface area contributed by atoms with Crippen LogP contribution in [0.25, 0.3) is 0 Å². The number of nitrogens with zero attached hydrogens (tertiary/aromatic N) is 1. The number of hydrogen-bond donors (Lipinski definition) is 2. The number of allylic oxidation sites excluding steroid dienone is 1. The van der Waals surface area contributed by atoms with Crippen LogP contribution in [-0.2, 0) is 137 Å². The summed E-state index contributed by atoms with van der Waals surface area (Å²) in [6.45, 7) is 2.62. The van der Waals surface area contributed by atoms with Crippen LogP contribution in [0, 0.1) is 0 Å². The van der Waals surface area contributed by atoms with E-state index in [-0.39, 0.29) is 32.1 Å². The molecule has 0 bridgehead atoms. The molecule has 0 aromatic rings. The number of carbonyl (C=O) groups excluding carboxylic acids is 5. The molecule has 0 aromatic carbocycles. The Balaban J connectivity index is 2.10. The van der Waals surface area contributed by atoms with Crippen molar-refractivity contribution in [1.82, 2.24) is 15.5 Å². The van der Waals surface area contributed by atoms with Crippen molar-refractivity contribution in [3.8, 4) is 0 Å². The lowest BCUT2D eigenvalue weighted by Gasteiger charge is -2.53. The second-order valence-corrected chi connectivity index (χ2v) is 31.0. The molecule has 32 nitrogen and oxygen atoms in total. The summed E-state index contributed by atoms with van der Waals surface area (Å²) in [6, 6.07) is -3.23. The van der Waals surface area contributed by atoms with Crippen LogP contribution in [0.2, 0.25) is 0 Å². The molecular formula is C80H148N3O29P. The number of unbranched alkanes of at least 4 members (excludes halogenated alkanes) is 23. The van der Waals surface area contributed by atoms with Crippen LogP contribution in [0.5, 0.6) is 0 Å². The van der Waals surface area contributed by atoms with Gasteiger partial charge in [-0.15, -0.1) is 0 Å². The first-order chi connectivity index (χ1) is 54.6. The molecule has 3 rings (SSSR count). The Labute approximate surface area is 675 Å². The third-order valence-electron chi connectivity index (χ3n) is 21.8. The molecule has 0 spiro atoms. The quantitative estimate of drug-likeness (QED) is 0.0247. The van der Waals surface area contributed by atoms with Gasteiger partial charge in [-0.05, 0) is 19.3 Å². The van der Waals surface area contributed by atoms with E-state index in [1.165, 1.54) is 221 Å². The van der Waals surface area contributed by atoms with Crippen LogP contribution < -0.4 is 10.6 Å². The maximum Gasteiger partial charge on any atom is 0.475 e. The van der Waals surface area contributed by atoms with Gasteiger partial charge in [-0.25, -0.2) is 14.2 Å². The lowest BCUT2D eigenvalue weighted by molar-refractivity contribution is -0.357. The summed E-state index contributed by atoms with van der Waals surface area (Å²) in [5.41, 5.74) is 0. The Hall–Kier alpha value is -3.52. The fraction of sp³-hybridized carbons (Fsp3) is 0.912. The zero-order valence-electron chi connectivity index (χ0n) is 72.1. The van der Waals surface area contributed by atoms with Crippen molar-refractivity contribution < 1.29 is 137 Å². The normalized spacial score (nSPS) is 26.9. The SMILES string of the molecule is CCCCCCCCCCC/C=C/[C@@H](OC)[C@H](COP(=O)(OC)O[C@H]1[C@H](OC)[C@@H](OC)[C@H](OC)[C@@H](O[C@]2(C(=O)OC)C[C@H](OC)[C@@H](NC(=O)CO[C@]3(C(=O)OC)C[C@H](OC)[C@@H](N(C)C(=O)COC)[C@H]([C@H](OC)[C@@H](COC)OC)O3)[C@H]([C@H](OC)[C@@H](COC)OC)O2)[C@H]1OC)NC(=O)CCCCCCCCCCCCCCCCC. The second kappa shape index (κ2) is 58.4. The zero-order chi connectivity index (χ0) is 83.8. The van der Waals surface area contributed by atoms with Crippen LogP contribution in [0.3, 0.4) is 0 Å². The third-order valence-corrected chi connectivity index (χ3v) is 23.2. The Morgan fingerprint density at radius 3 is 1.39 bits per heavy atom. The zero-order valence-corrected chi connectivity index (χ0v) is 73.0. The summed E-state index contributed by atoms with van der Waals surface area (Å²) < 4.78 is 155. The highest BCUT2D eigenvalue weighted by Gasteiger charge is 2.64. The summed E-state index contributed by atoms with van der Waals surface area (Å²) in [4.78, 5) is 73.4. The Kier molecular flexibility index (Phi) is 53.6. The number of amides is 3. The van der Waals surface area contributed by atoms with Gasteiger partial charge in [-0.1, -0.05) is 167 Å². The minimum Gasteiger partial charge on any atom is -0.465 e.